The molecule has 78 valence electrons. The van der Waals surface area contributed by atoms with Gasteiger partial charge in [-0.25, -0.2) is 0 Å². The maximum Gasteiger partial charge on any atom is 0.395 e. The number of alkyl halides is 3. The van der Waals surface area contributed by atoms with Crippen molar-refractivity contribution in [1.82, 2.24) is 9.78 Å². The first-order valence-electron chi connectivity index (χ1n) is 3.93. The highest BCUT2D eigenvalue weighted by Crippen LogP contribution is 2.20. The number of aromatic nitrogens is 2. The Kier molecular flexibility index (Phi) is 2.93. The highest BCUT2D eigenvalue weighted by Gasteiger charge is 2.30. The molecule has 14 heavy (non-hydrogen) atoms. The van der Waals surface area contributed by atoms with Crippen LogP contribution >= 0.6 is 0 Å². The van der Waals surface area contributed by atoms with Gasteiger partial charge in [0.25, 0.3) is 0 Å². The third kappa shape index (κ3) is 3.59. The minimum atomic E-state index is -4.42. The molecular weight excluding hydrogens is 197 g/mol. The molecule has 0 radical (unpaired) electrons. The van der Waals surface area contributed by atoms with Crippen LogP contribution < -0.4 is 0 Å². The van der Waals surface area contributed by atoms with Gasteiger partial charge in [0.2, 0.25) is 0 Å². The number of halogens is 3. The number of hydrogen-bond donors (Lipinski definition) is 0. The Morgan fingerprint density at radius 2 is 2.21 bits per heavy atom. The Bertz CT molecular complexity index is 330. The fourth-order valence-electron chi connectivity index (χ4n) is 1.08. The van der Waals surface area contributed by atoms with Gasteiger partial charge in [-0.15, -0.1) is 0 Å². The molecule has 0 N–H and O–H groups in total. The lowest BCUT2D eigenvalue weighted by molar-refractivity contribution is -0.151. The first-order chi connectivity index (χ1) is 6.37. The summed E-state index contributed by atoms with van der Waals surface area (Å²) in [5.41, 5.74) is 0.502. The van der Waals surface area contributed by atoms with Crippen LogP contribution in [0.2, 0.25) is 0 Å². The number of aryl methyl sites for hydroxylation is 1. The van der Waals surface area contributed by atoms with Crippen LogP contribution in [0.3, 0.4) is 0 Å². The number of carbonyl (C=O) groups excluding carboxylic acids is 1. The first-order valence-corrected chi connectivity index (χ1v) is 3.93. The van der Waals surface area contributed by atoms with Crippen LogP contribution in [0.5, 0.6) is 0 Å². The highest BCUT2D eigenvalue weighted by molar-refractivity contribution is 5.81. The molecule has 0 amide bonds. The largest absolute Gasteiger partial charge is 0.395 e. The molecule has 1 aromatic heterocycles. The summed E-state index contributed by atoms with van der Waals surface area (Å²) in [5, 5.41) is 3.75. The summed E-state index contributed by atoms with van der Waals surface area (Å²) in [4.78, 5) is 10.9. The van der Waals surface area contributed by atoms with Gasteiger partial charge < -0.3 is 0 Å². The van der Waals surface area contributed by atoms with Crippen LogP contribution in [-0.4, -0.2) is 21.7 Å². The fourth-order valence-corrected chi connectivity index (χ4v) is 1.08. The van der Waals surface area contributed by atoms with E-state index in [-0.39, 0.29) is 6.42 Å². The zero-order valence-electron chi connectivity index (χ0n) is 7.51. The minimum Gasteiger partial charge on any atom is -0.299 e. The monoisotopic (exact) mass is 206 g/mol. The minimum absolute atomic E-state index is 0.215. The second-order valence-electron chi connectivity index (χ2n) is 3.03. The van der Waals surface area contributed by atoms with E-state index < -0.39 is 18.4 Å². The van der Waals surface area contributed by atoms with Crippen LogP contribution in [-0.2, 0) is 18.3 Å². The molecule has 0 saturated heterocycles. The Balaban J connectivity index is 2.50. The van der Waals surface area contributed by atoms with Crippen molar-refractivity contribution in [2.75, 3.05) is 0 Å². The summed E-state index contributed by atoms with van der Waals surface area (Å²) in [7, 11) is 1.64. The standard InChI is InChI=1S/C8H9F3N2O/c1-13-5-6(4-12-13)2-7(14)3-8(9,10)11/h4-5H,2-3H2,1H3. The molecule has 0 fully saturated rings. The molecule has 0 saturated carbocycles. The van der Waals surface area contributed by atoms with Gasteiger partial charge in [-0.2, -0.15) is 18.3 Å². The molecule has 1 heterocycles. The molecule has 1 rings (SSSR count). The Morgan fingerprint density at radius 3 is 2.64 bits per heavy atom. The fraction of sp³-hybridized carbons (Fsp3) is 0.500. The maximum atomic E-state index is 11.8. The number of ketones is 1. The van der Waals surface area contributed by atoms with Gasteiger partial charge in [0.05, 0.1) is 6.20 Å². The van der Waals surface area contributed by atoms with Gasteiger partial charge in [0, 0.05) is 19.7 Å². The molecule has 0 bridgehead atoms. The molecule has 0 atom stereocenters. The van der Waals surface area contributed by atoms with Gasteiger partial charge >= 0.3 is 6.18 Å². The second kappa shape index (κ2) is 3.81. The van der Waals surface area contributed by atoms with Gasteiger partial charge in [0.15, 0.2) is 0 Å². The molecule has 6 heteroatoms. The summed E-state index contributed by atoms with van der Waals surface area (Å²) < 4.78 is 36.8. The van der Waals surface area contributed by atoms with E-state index in [0.29, 0.717) is 5.56 Å². The van der Waals surface area contributed by atoms with E-state index in [1.807, 2.05) is 0 Å². The third-order valence-electron chi connectivity index (χ3n) is 1.56. The SMILES string of the molecule is Cn1cc(CC(=O)CC(F)(F)F)cn1. The molecule has 0 spiro atoms. The summed E-state index contributed by atoms with van der Waals surface area (Å²) in [5.74, 6) is -0.842. The number of Topliss-reactive ketones (excluding diaryl/α,β-unsaturated/α-hetero) is 1. The lowest BCUT2D eigenvalue weighted by Crippen LogP contribution is -2.16. The summed E-state index contributed by atoms with van der Waals surface area (Å²) in [6.45, 7) is 0. The van der Waals surface area contributed by atoms with E-state index in [9.17, 15) is 18.0 Å². The van der Waals surface area contributed by atoms with Crippen molar-refractivity contribution in [2.45, 2.75) is 19.0 Å². The van der Waals surface area contributed by atoms with E-state index in [1.54, 1.807) is 7.05 Å². The van der Waals surface area contributed by atoms with Gasteiger partial charge in [0.1, 0.15) is 12.2 Å². The average Bonchev–Trinajstić information content (AvgIpc) is 2.30. The van der Waals surface area contributed by atoms with Crippen molar-refractivity contribution in [3.8, 4) is 0 Å². The zero-order chi connectivity index (χ0) is 10.8. The van der Waals surface area contributed by atoms with Crippen LogP contribution in [0.25, 0.3) is 0 Å². The van der Waals surface area contributed by atoms with E-state index in [0.717, 1.165) is 0 Å². The third-order valence-corrected chi connectivity index (χ3v) is 1.56. The zero-order valence-corrected chi connectivity index (χ0v) is 7.51. The van der Waals surface area contributed by atoms with Crippen LogP contribution in [0.4, 0.5) is 13.2 Å². The predicted octanol–water partition coefficient (Wildman–Crippen LogP) is 1.48. The van der Waals surface area contributed by atoms with E-state index >= 15 is 0 Å². The van der Waals surface area contributed by atoms with Gasteiger partial charge in [-0.05, 0) is 5.56 Å². The Hall–Kier alpha value is -1.33. The quantitative estimate of drug-likeness (QED) is 0.750. The smallest absolute Gasteiger partial charge is 0.299 e. The van der Waals surface area contributed by atoms with Crippen LogP contribution in [0.1, 0.15) is 12.0 Å². The van der Waals surface area contributed by atoms with Gasteiger partial charge in [-0.3, -0.25) is 9.48 Å². The predicted molar refractivity (Wildman–Crippen MR) is 42.6 cm³/mol. The normalized spacial score (nSPS) is 11.7. The summed E-state index contributed by atoms with van der Waals surface area (Å²) >= 11 is 0. The lowest BCUT2D eigenvalue weighted by atomic mass is 10.1. The van der Waals surface area contributed by atoms with E-state index in [4.69, 9.17) is 0 Å². The number of nitrogens with zero attached hydrogens (tertiary/aromatic N) is 2. The Labute approximate surface area is 78.5 Å². The topological polar surface area (TPSA) is 34.9 Å². The van der Waals surface area contributed by atoms with Crippen molar-refractivity contribution in [3.63, 3.8) is 0 Å². The molecule has 0 aromatic carbocycles. The number of rotatable bonds is 3. The summed E-state index contributed by atoms with van der Waals surface area (Å²) in [6, 6.07) is 0. The van der Waals surface area contributed by atoms with Crippen LogP contribution in [0, 0.1) is 0 Å². The Morgan fingerprint density at radius 1 is 1.57 bits per heavy atom. The van der Waals surface area contributed by atoms with Crippen molar-refractivity contribution in [2.24, 2.45) is 7.05 Å². The number of hydrogen-bond acceptors (Lipinski definition) is 2. The van der Waals surface area contributed by atoms with Crippen molar-refractivity contribution >= 4 is 5.78 Å². The summed E-state index contributed by atoms with van der Waals surface area (Å²) in [6.07, 6.45) is -3.10. The van der Waals surface area contributed by atoms with Crippen LogP contribution in [0.15, 0.2) is 12.4 Å². The second-order valence-corrected chi connectivity index (χ2v) is 3.03. The molecule has 0 aliphatic heterocycles. The van der Waals surface area contributed by atoms with E-state index in [1.165, 1.54) is 17.1 Å². The molecule has 0 unspecified atom stereocenters. The molecule has 0 aliphatic rings. The lowest BCUT2D eigenvalue weighted by Gasteiger charge is -2.03. The van der Waals surface area contributed by atoms with Crippen molar-refractivity contribution in [3.05, 3.63) is 18.0 Å². The maximum absolute atomic E-state index is 11.8. The van der Waals surface area contributed by atoms with Crippen molar-refractivity contribution in [1.29, 1.82) is 0 Å². The molecule has 3 nitrogen and oxygen atoms in total. The molecule has 0 aliphatic carbocycles. The van der Waals surface area contributed by atoms with Gasteiger partial charge in [-0.1, -0.05) is 0 Å². The number of carbonyl (C=O) groups is 1. The first kappa shape index (κ1) is 10.7. The molecular formula is C8H9F3N2O. The van der Waals surface area contributed by atoms with Crippen molar-refractivity contribution < 1.29 is 18.0 Å². The van der Waals surface area contributed by atoms with E-state index in [2.05, 4.69) is 5.10 Å². The average molecular weight is 206 g/mol. The highest BCUT2D eigenvalue weighted by atomic mass is 19.4. The molecule has 1 aromatic rings.